The fourth-order valence-electron chi connectivity index (χ4n) is 1.15. The van der Waals surface area contributed by atoms with Gasteiger partial charge in [-0.15, -0.1) is 0 Å². The second-order valence-electron chi connectivity index (χ2n) is 2.88. The average molecular weight is 195 g/mol. The number of hydrogen-bond acceptors (Lipinski definition) is 4. The Bertz CT molecular complexity index is 328. The van der Waals surface area contributed by atoms with E-state index in [2.05, 4.69) is 4.98 Å². The van der Waals surface area contributed by atoms with Crippen molar-refractivity contribution in [3.8, 4) is 0 Å². The minimum absolute atomic E-state index is 0.00523. The second kappa shape index (κ2) is 4.57. The number of aliphatic hydroxyl groups is 1. The number of aliphatic hydroxyl groups excluding tert-OH is 1. The van der Waals surface area contributed by atoms with Gasteiger partial charge in [0.25, 0.3) is 5.91 Å². The number of hydrogen-bond donors (Lipinski definition) is 2. The van der Waals surface area contributed by atoms with Gasteiger partial charge in [-0.1, -0.05) is 0 Å². The van der Waals surface area contributed by atoms with Gasteiger partial charge in [-0.25, -0.2) is 4.98 Å². The molecule has 1 amide bonds. The zero-order chi connectivity index (χ0) is 10.6. The van der Waals surface area contributed by atoms with Crippen molar-refractivity contribution in [2.24, 2.45) is 5.73 Å². The zero-order valence-corrected chi connectivity index (χ0v) is 7.97. The first-order valence-electron chi connectivity index (χ1n) is 4.23. The predicted molar refractivity (Wildman–Crippen MR) is 53.1 cm³/mol. The summed E-state index contributed by atoms with van der Waals surface area (Å²) in [6.45, 7) is 0.419. The molecule has 1 aromatic heterocycles. The van der Waals surface area contributed by atoms with Crippen LogP contribution in [0.5, 0.6) is 0 Å². The third-order valence-electron chi connectivity index (χ3n) is 1.85. The summed E-state index contributed by atoms with van der Waals surface area (Å²) in [5.41, 5.74) is 5.54. The molecule has 5 heteroatoms. The van der Waals surface area contributed by atoms with Crippen molar-refractivity contribution in [2.45, 2.75) is 0 Å². The number of primary amides is 1. The van der Waals surface area contributed by atoms with Crippen LogP contribution in [0.1, 0.15) is 10.4 Å². The fourth-order valence-corrected chi connectivity index (χ4v) is 1.15. The summed E-state index contributed by atoms with van der Waals surface area (Å²) in [7, 11) is 1.74. The lowest BCUT2D eigenvalue weighted by molar-refractivity contribution is 0.100. The Kier molecular flexibility index (Phi) is 3.41. The predicted octanol–water partition coefficient (Wildman–Crippen LogP) is -0.391. The Balaban J connectivity index is 3.00. The highest BCUT2D eigenvalue weighted by atomic mass is 16.3. The van der Waals surface area contributed by atoms with E-state index in [0.717, 1.165) is 0 Å². The number of anilines is 1. The van der Waals surface area contributed by atoms with E-state index in [0.29, 0.717) is 17.9 Å². The van der Waals surface area contributed by atoms with Crippen LogP contribution in [0.2, 0.25) is 0 Å². The molecule has 0 bridgehead atoms. The quantitative estimate of drug-likeness (QED) is 0.685. The summed E-state index contributed by atoms with van der Waals surface area (Å²) in [4.78, 5) is 16.7. The maximum absolute atomic E-state index is 11.0. The molecule has 0 radical (unpaired) electrons. The number of likely N-dealkylation sites (N-methyl/N-ethyl adjacent to an activating group) is 1. The molecule has 1 heterocycles. The Labute approximate surface area is 82.2 Å². The van der Waals surface area contributed by atoms with Crippen molar-refractivity contribution in [1.29, 1.82) is 0 Å². The van der Waals surface area contributed by atoms with Gasteiger partial charge in [0.05, 0.1) is 12.2 Å². The summed E-state index contributed by atoms with van der Waals surface area (Å²) in [5.74, 6) is -0.0214. The van der Waals surface area contributed by atoms with E-state index in [9.17, 15) is 4.79 Å². The monoisotopic (exact) mass is 195 g/mol. The standard InChI is InChI=1S/C9H13N3O2/c1-12(5-6-13)9-7(8(10)14)3-2-4-11-9/h2-4,13H,5-6H2,1H3,(H2,10,14). The van der Waals surface area contributed by atoms with Crippen molar-refractivity contribution in [2.75, 3.05) is 25.1 Å². The molecular weight excluding hydrogens is 182 g/mol. The highest BCUT2D eigenvalue weighted by molar-refractivity contribution is 5.97. The van der Waals surface area contributed by atoms with Crippen LogP contribution in [-0.4, -0.2) is 36.2 Å². The average Bonchev–Trinajstić information content (AvgIpc) is 2.18. The van der Waals surface area contributed by atoms with Crippen molar-refractivity contribution < 1.29 is 9.90 Å². The van der Waals surface area contributed by atoms with E-state index in [4.69, 9.17) is 10.8 Å². The number of carbonyl (C=O) groups excluding carboxylic acids is 1. The van der Waals surface area contributed by atoms with Gasteiger partial charge >= 0.3 is 0 Å². The molecule has 5 nitrogen and oxygen atoms in total. The van der Waals surface area contributed by atoms with Gasteiger partial charge in [-0.05, 0) is 12.1 Å². The highest BCUT2D eigenvalue weighted by Crippen LogP contribution is 2.14. The molecule has 0 spiro atoms. The van der Waals surface area contributed by atoms with Crippen LogP contribution >= 0.6 is 0 Å². The normalized spacial score (nSPS) is 9.86. The number of aromatic nitrogens is 1. The first-order valence-corrected chi connectivity index (χ1v) is 4.23. The summed E-state index contributed by atoms with van der Waals surface area (Å²) >= 11 is 0. The maximum atomic E-state index is 11.0. The Morgan fingerprint density at radius 2 is 2.43 bits per heavy atom. The summed E-state index contributed by atoms with van der Waals surface area (Å²) in [6.07, 6.45) is 1.58. The van der Waals surface area contributed by atoms with Crippen molar-refractivity contribution in [1.82, 2.24) is 4.98 Å². The van der Waals surface area contributed by atoms with Gasteiger partial charge in [0, 0.05) is 19.8 Å². The highest BCUT2D eigenvalue weighted by Gasteiger charge is 2.11. The molecule has 14 heavy (non-hydrogen) atoms. The van der Waals surface area contributed by atoms with E-state index in [1.165, 1.54) is 0 Å². The lowest BCUT2D eigenvalue weighted by atomic mass is 10.2. The number of nitrogens with two attached hydrogens (primary N) is 1. The largest absolute Gasteiger partial charge is 0.395 e. The molecular formula is C9H13N3O2. The van der Waals surface area contributed by atoms with E-state index in [1.807, 2.05) is 0 Å². The molecule has 3 N–H and O–H groups in total. The zero-order valence-electron chi connectivity index (χ0n) is 7.97. The van der Waals surface area contributed by atoms with Gasteiger partial charge < -0.3 is 15.7 Å². The van der Waals surface area contributed by atoms with Crippen LogP contribution in [-0.2, 0) is 0 Å². The summed E-state index contributed by atoms with van der Waals surface area (Å²) < 4.78 is 0. The van der Waals surface area contributed by atoms with Crippen LogP contribution in [0.25, 0.3) is 0 Å². The third kappa shape index (κ3) is 2.20. The molecule has 0 atom stereocenters. The maximum Gasteiger partial charge on any atom is 0.252 e. The van der Waals surface area contributed by atoms with Gasteiger partial charge in [-0.2, -0.15) is 0 Å². The molecule has 76 valence electrons. The van der Waals surface area contributed by atoms with Gasteiger partial charge in [0.2, 0.25) is 0 Å². The molecule has 0 aliphatic rings. The smallest absolute Gasteiger partial charge is 0.252 e. The molecule has 0 aliphatic carbocycles. The van der Waals surface area contributed by atoms with Crippen LogP contribution in [0, 0.1) is 0 Å². The van der Waals surface area contributed by atoms with Crippen LogP contribution in [0.15, 0.2) is 18.3 Å². The Hall–Kier alpha value is -1.62. The van der Waals surface area contributed by atoms with E-state index in [1.54, 1.807) is 30.3 Å². The van der Waals surface area contributed by atoms with E-state index < -0.39 is 5.91 Å². The van der Waals surface area contributed by atoms with E-state index in [-0.39, 0.29) is 6.61 Å². The third-order valence-corrected chi connectivity index (χ3v) is 1.85. The second-order valence-corrected chi connectivity index (χ2v) is 2.88. The minimum atomic E-state index is -0.516. The van der Waals surface area contributed by atoms with Gasteiger partial charge in [-0.3, -0.25) is 4.79 Å². The minimum Gasteiger partial charge on any atom is -0.395 e. The molecule has 1 rings (SSSR count). The SMILES string of the molecule is CN(CCO)c1ncccc1C(N)=O. The van der Waals surface area contributed by atoms with Crippen molar-refractivity contribution >= 4 is 11.7 Å². The summed E-state index contributed by atoms with van der Waals surface area (Å²) in [5, 5.41) is 8.74. The fraction of sp³-hybridized carbons (Fsp3) is 0.333. The number of pyridine rings is 1. The molecule has 0 aliphatic heterocycles. The van der Waals surface area contributed by atoms with Crippen molar-refractivity contribution in [3.05, 3.63) is 23.9 Å². The van der Waals surface area contributed by atoms with Gasteiger partial charge in [0.15, 0.2) is 0 Å². The molecule has 0 fully saturated rings. The first kappa shape index (κ1) is 10.5. The van der Waals surface area contributed by atoms with Crippen LogP contribution < -0.4 is 10.6 Å². The van der Waals surface area contributed by atoms with Crippen molar-refractivity contribution in [3.63, 3.8) is 0 Å². The molecule has 0 unspecified atom stereocenters. The topological polar surface area (TPSA) is 79.4 Å². The number of carbonyl (C=O) groups is 1. The molecule has 0 aromatic carbocycles. The molecule has 0 saturated carbocycles. The lowest BCUT2D eigenvalue weighted by Crippen LogP contribution is -2.26. The Morgan fingerprint density at radius 3 is 3.00 bits per heavy atom. The molecule has 1 aromatic rings. The van der Waals surface area contributed by atoms with Crippen LogP contribution in [0.3, 0.4) is 0 Å². The molecule has 0 saturated heterocycles. The van der Waals surface area contributed by atoms with Crippen LogP contribution in [0.4, 0.5) is 5.82 Å². The number of amides is 1. The summed E-state index contributed by atoms with van der Waals surface area (Å²) in [6, 6.07) is 3.26. The Morgan fingerprint density at radius 1 is 1.71 bits per heavy atom. The lowest BCUT2D eigenvalue weighted by Gasteiger charge is -2.18. The number of rotatable bonds is 4. The van der Waals surface area contributed by atoms with E-state index >= 15 is 0 Å². The van der Waals surface area contributed by atoms with Gasteiger partial charge in [0.1, 0.15) is 5.82 Å². The number of nitrogens with zero attached hydrogens (tertiary/aromatic N) is 2. The first-order chi connectivity index (χ1) is 6.66.